The van der Waals surface area contributed by atoms with E-state index in [1.54, 1.807) is 36.4 Å². The molecule has 6 nitrogen and oxygen atoms in total. The van der Waals surface area contributed by atoms with E-state index in [0.29, 0.717) is 34.2 Å². The van der Waals surface area contributed by atoms with E-state index in [2.05, 4.69) is 0 Å². The quantitative estimate of drug-likeness (QED) is 0.487. The van der Waals surface area contributed by atoms with Crippen molar-refractivity contribution in [1.29, 1.82) is 0 Å². The molecule has 0 unspecified atom stereocenters. The van der Waals surface area contributed by atoms with Gasteiger partial charge < -0.3 is 32.4 Å². The lowest BCUT2D eigenvalue weighted by Gasteiger charge is -2.13. The Kier molecular flexibility index (Phi) is 3.51. The molecule has 0 atom stereocenters. The molecule has 0 saturated heterocycles. The number of nitrogens with two attached hydrogens (primary N) is 4. The van der Waals surface area contributed by atoms with E-state index >= 15 is 0 Å². The first-order valence-corrected chi connectivity index (χ1v) is 5.62. The number of benzene rings is 2. The van der Waals surface area contributed by atoms with Gasteiger partial charge in [0.1, 0.15) is 5.75 Å². The summed E-state index contributed by atoms with van der Waals surface area (Å²) in [4.78, 5) is 0. The predicted octanol–water partition coefficient (Wildman–Crippen LogP) is 1.43. The second kappa shape index (κ2) is 5.26. The third-order valence-electron chi connectivity index (χ3n) is 2.53. The third kappa shape index (κ3) is 2.92. The van der Waals surface area contributed by atoms with Gasteiger partial charge in [0, 0.05) is 5.69 Å². The molecule has 0 saturated carbocycles. The molecule has 0 heterocycles. The predicted molar refractivity (Wildman–Crippen MR) is 76.7 cm³/mol. The summed E-state index contributed by atoms with van der Waals surface area (Å²) in [7, 11) is 0. The molecular formula is C13H16N4O2. The largest absolute Gasteiger partial charge is 0.455 e. The standard InChI is InChI=1S/C13H16N4O2/c14-8-4-5-12(11(17)6-8)18-7-19-13-9(15)2-1-3-10(13)16/h1-6H,7,14-17H2. The molecule has 0 amide bonds. The molecule has 100 valence electrons. The highest BCUT2D eigenvalue weighted by molar-refractivity contribution is 5.67. The van der Waals surface area contributed by atoms with Crippen LogP contribution in [0.3, 0.4) is 0 Å². The molecule has 0 radical (unpaired) electrons. The van der Waals surface area contributed by atoms with E-state index in [1.165, 1.54) is 0 Å². The van der Waals surface area contributed by atoms with Crippen LogP contribution in [0.5, 0.6) is 11.5 Å². The van der Waals surface area contributed by atoms with Gasteiger partial charge in [-0.25, -0.2) is 0 Å². The molecule has 0 aliphatic carbocycles. The van der Waals surface area contributed by atoms with Gasteiger partial charge in [-0.05, 0) is 30.3 Å². The van der Waals surface area contributed by atoms with Crippen LogP contribution in [-0.4, -0.2) is 6.79 Å². The molecule has 2 aromatic rings. The van der Waals surface area contributed by atoms with Crippen molar-refractivity contribution in [1.82, 2.24) is 0 Å². The fraction of sp³-hybridized carbons (Fsp3) is 0.0769. The molecule has 0 spiro atoms. The first-order chi connectivity index (χ1) is 9.08. The van der Waals surface area contributed by atoms with E-state index in [0.717, 1.165) is 0 Å². The van der Waals surface area contributed by atoms with Crippen molar-refractivity contribution in [2.24, 2.45) is 0 Å². The molecule has 0 bridgehead atoms. The van der Waals surface area contributed by atoms with Gasteiger partial charge in [-0.3, -0.25) is 0 Å². The van der Waals surface area contributed by atoms with Crippen LogP contribution in [0.4, 0.5) is 22.7 Å². The topological polar surface area (TPSA) is 123 Å². The lowest BCUT2D eigenvalue weighted by atomic mass is 10.2. The average Bonchev–Trinajstić information content (AvgIpc) is 2.35. The first kappa shape index (κ1) is 12.7. The van der Waals surface area contributed by atoms with Crippen molar-refractivity contribution >= 4 is 22.7 Å². The van der Waals surface area contributed by atoms with E-state index in [4.69, 9.17) is 32.4 Å². The number of anilines is 4. The maximum absolute atomic E-state index is 5.75. The molecule has 2 aromatic carbocycles. The molecule has 6 heteroatoms. The fourth-order valence-corrected chi connectivity index (χ4v) is 1.59. The Hall–Kier alpha value is -2.76. The highest BCUT2D eigenvalue weighted by Crippen LogP contribution is 2.29. The zero-order chi connectivity index (χ0) is 13.8. The molecule has 0 aromatic heterocycles. The minimum atomic E-state index is -0.0491. The minimum absolute atomic E-state index is 0.0491. The van der Waals surface area contributed by atoms with Crippen LogP contribution in [0.25, 0.3) is 0 Å². The second-order valence-corrected chi connectivity index (χ2v) is 3.97. The molecule has 19 heavy (non-hydrogen) atoms. The Morgan fingerprint density at radius 1 is 0.789 bits per heavy atom. The highest BCUT2D eigenvalue weighted by Gasteiger charge is 2.06. The van der Waals surface area contributed by atoms with Gasteiger partial charge in [-0.15, -0.1) is 0 Å². The van der Waals surface area contributed by atoms with Crippen LogP contribution in [0.2, 0.25) is 0 Å². The van der Waals surface area contributed by atoms with Crippen LogP contribution in [0, 0.1) is 0 Å². The van der Waals surface area contributed by atoms with Crippen LogP contribution < -0.4 is 32.4 Å². The van der Waals surface area contributed by atoms with Gasteiger partial charge in [0.05, 0.1) is 17.1 Å². The SMILES string of the molecule is Nc1ccc(OCOc2c(N)cccc2N)c(N)c1. The number of hydrogen-bond acceptors (Lipinski definition) is 6. The summed E-state index contributed by atoms with van der Waals surface area (Å²) in [6.07, 6.45) is 0. The summed E-state index contributed by atoms with van der Waals surface area (Å²) in [6, 6.07) is 10.1. The van der Waals surface area contributed by atoms with Gasteiger partial charge in [-0.2, -0.15) is 0 Å². The third-order valence-corrected chi connectivity index (χ3v) is 2.53. The Morgan fingerprint density at radius 3 is 2.11 bits per heavy atom. The number of para-hydroxylation sites is 1. The average molecular weight is 260 g/mol. The van der Waals surface area contributed by atoms with Crippen molar-refractivity contribution in [2.75, 3.05) is 29.7 Å². The number of hydrogen-bond donors (Lipinski definition) is 4. The van der Waals surface area contributed by atoms with E-state index < -0.39 is 0 Å². The van der Waals surface area contributed by atoms with Gasteiger partial charge in [0.15, 0.2) is 5.75 Å². The Balaban J connectivity index is 2.00. The smallest absolute Gasteiger partial charge is 0.231 e. The van der Waals surface area contributed by atoms with Crippen molar-refractivity contribution in [3.8, 4) is 11.5 Å². The molecule has 2 rings (SSSR count). The van der Waals surface area contributed by atoms with E-state index in [1.807, 2.05) is 0 Å². The van der Waals surface area contributed by atoms with E-state index in [9.17, 15) is 0 Å². The Bertz CT molecular complexity index is 567. The van der Waals surface area contributed by atoms with Crippen LogP contribution in [0.1, 0.15) is 0 Å². The monoisotopic (exact) mass is 260 g/mol. The molecular weight excluding hydrogens is 244 g/mol. The van der Waals surface area contributed by atoms with Gasteiger partial charge in [0.25, 0.3) is 0 Å². The molecule has 0 aliphatic rings. The summed E-state index contributed by atoms with van der Waals surface area (Å²) in [6.45, 7) is -0.0491. The number of nitrogen functional groups attached to an aromatic ring is 4. The van der Waals surface area contributed by atoms with Crippen molar-refractivity contribution < 1.29 is 9.47 Å². The fourth-order valence-electron chi connectivity index (χ4n) is 1.59. The van der Waals surface area contributed by atoms with Crippen molar-refractivity contribution in [3.63, 3.8) is 0 Å². The minimum Gasteiger partial charge on any atom is -0.455 e. The Morgan fingerprint density at radius 2 is 1.47 bits per heavy atom. The lowest BCUT2D eigenvalue weighted by Crippen LogP contribution is -2.09. The number of rotatable bonds is 4. The summed E-state index contributed by atoms with van der Waals surface area (Å²) < 4.78 is 10.8. The summed E-state index contributed by atoms with van der Waals surface area (Å²) in [5, 5.41) is 0. The van der Waals surface area contributed by atoms with Gasteiger partial charge in [0.2, 0.25) is 6.79 Å². The zero-order valence-corrected chi connectivity index (χ0v) is 10.3. The normalized spacial score (nSPS) is 10.1. The summed E-state index contributed by atoms with van der Waals surface area (Å²) in [5.41, 5.74) is 24.8. The van der Waals surface area contributed by atoms with Crippen LogP contribution in [0.15, 0.2) is 36.4 Å². The van der Waals surface area contributed by atoms with Crippen molar-refractivity contribution in [3.05, 3.63) is 36.4 Å². The van der Waals surface area contributed by atoms with E-state index in [-0.39, 0.29) is 6.79 Å². The molecule has 0 aliphatic heterocycles. The van der Waals surface area contributed by atoms with Gasteiger partial charge in [-0.1, -0.05) is 6.07 Å². The molecule has 8 N–H and O–H groups in total. The zero-order valence-electron chi connectivity index (χ0n) is 10.3. The maximum Gasteiger partial charge on any atom is 0.231 e. The summed E-state index contributed by atoms with van der Waals surface area (Å²) in [5.74, 6) is 0.888. The van der Waals surface area contributed by atoms with Crippen LogP contribution >= 0.6 is 0 Å². The second-order valence-electron chi connectivity index (χ2n) is 3.97. The highest BCUT2D eigenvalue weighted by atomic mass is 16.7. The summed E-state index contributed by atoms with van der Waals surface area (Å²) >= 11 is 0. The molecule has 0 fully saturated rings. The van der Waals surface area contributed by atoms with Crippen LogP contribution in [-0.2, 0) is 0 Å². The van der Waals surface area contributed by atoms with Crippen molar-refractivity contribution in [2.45, 2.75) is 0 Å². The maximum atomic E-state index is 5.75. The first-order valence-electron chi connectivity index (χ1n) is 5.62. The Labute approximate surface area is 110 Å². The van der Waals surface area contributed by atoms with Gasteiger partial charge >= 0.3 is 0 Å². The lowest BCUT2D eigenvalue weighted by molar-refractivity contribution is 0.122. The number of ether oxygens (including phenoxy) is 2.